The van der Waals surface area contributed by atoms with Gasteiger partial charge in [-0.05, 0) is 49.6 Å². The van der Waals surface area contributed by atoms with Crippen LogP contribution >= 0.6 is 0 Å². The van der Waals surface area contributed by atoms with Crippen LogP contribution in [0.4, 0.5) is 0 Å². The summed E-state index contributed by atoms with van der Waals surface area (Å²) in [4.78, 5) is 12.9. The lowest BCUT2D eigenvalue weighted by Crippen LogP contribution is -2.30. The Balaban J connectivity index is 1.40. The normalized spacial score (nSPS) is 11.7. The fraction of sp³-hybridized carbons (Fsp3) is 0.214. The first-order valence-electron chi connectivity index (χ1n) is 11.0. The van der Waals surface area contributed by atoms with Crippen LogP contribution in [0.1, 0.15) is 45.3 Å². The van der Waals surface area contributed by atoms with Crippen LogP contribution in [0, 0.1) is 20.8 Å². The molecule has 0 saturated carbocycles. The van der Waals surface area contributed by atoms with Crippen LogP contribution in [-0.4, -0.2) is 11.1 Å². The second-order valence-electron chi connectivity index (χ2n) is 8.23. The van der Waals surface area contributed by atoms with E-state index in [9.17, 15) is 4.79 Å². The molecule has 5 heteroatoms. The van der Waals surface area contributed by atoms with E-state index in [1.165, 1.54) is 5.56 Å². The summed E-state index contributed by atoms with van der Waals surface area (Å²) in [5.41, 5.74) is 6.02. The Labute approximate surface area is 194 Å². The highest BCUT2D eigenvalue weighted by Gasteiger charge is 2.17. The molecule has 1 aromatic heterocycles. The van der Waals surface area contributed by atoms with Crippen molar-refractivity contribution in [1.82, 2.24) is 10.5 Å². The highest BCUT2D eigenvalue weighted by molar-refractivity contribution is 5.79. The van der Waals surface area contributed by atoms with Crippen molar-refractivity contribution in [2.75, 3.05) is 0 Å². The highest BCUT2D eigenvalue weighted by Crippen LogP contribution is 2.23. The van der Waals surface area contributed by atoms with Crippen LogP contribution in [0.15, 0.2) is 83.4 Å². The van der Waals surface area contributed by atoms with Gasteiger partial charge in [0.15, 0.2) is 0 Å². The molecule has 1 amide bonds. The van der Waals surface area contributed by atoms with E-state index in [-0.39, 0.29) is 11.9 Å². The van der Waals surface area contributed by atoms with Crippen molar-refractivity contribution in [2.45, 2.75) is 39.8 Å². The smallest absolute Gasteiger partial charge is 0.225 e. The van der Waals surface area contributed by atoms with Crippen molar-refractivity contribution in [3.8, 4) is 5.75 Å². The summed E-state index contributed by atoms with van der Waals surface area (Å²) in [5, 5.41) is 7.15. The van der Waals surface area contributed by atoms with E-state index in [2.05, 4.69) is 41.7 Å². The highest BCUT2D eigenvalue weighted by atomic mass is 16.5. The van der Waals surface area contributed by atoms with Gasteiger partial charge >= 0.3 is 0 Å². The summed E-state index contributed by atoms with van der Waals surface area (Å²) in [6.45, 7) is 6.23. The molecule has 33 heavy (non-hydrogen) atoms. The fourth-order valence-electron chi connectivity index (χ4n) is 3.73. The van der Waals surface area contributed by atoms with E-state index in [1.54, 1.807) is 0 Å². The van der Waals surface area contributed by atoms with Gasteiger partial charge in [0, 0.05) is 0 Å². The molecular formula is C28H28N2O3. The van der Waals surface area contributed by atoms with Gasteiger partial charge in [-0.2, -0.15) is 0 Å². The van der Waals surface area contributed by atoms with Gasteiger partial charge in [0.05, 0.1) is 23.7 Å². The fourth-order valence-corrected chi connectivity index (χ4v) is 3.73. The van der Waals surface area contributed by atoms with Crippen LogP contribution in [0.25, 0.3) is 0 Å². The second kappa shape index (κ2) is 10.2. The van der Waals surface area contributed by atoms with Gasteiger partial charge in [0.1, 0.15) is 18.1 Å². The van der Waals surface area contributed by atoms with E-state index in [4.69, 9.17) is 9.26 Å². The molecule has 0 spiro atoms. The average molecular weight is 441 g/mol. The van der Waals surface area contributed by atoms with E-state index in [0.29, 0.717) is 13.0 Å². The van der Waals surface area contributed by atoms with Crippen LogP contribution in [0.2, 0.25) is 0 Å². The number of rotatable bonds is 8. The summed E-state index contributed by atoms with van der Waals surface area (Å²) in [5.74, 6) is 1.47. The van der Waals surface area contributed by atoms with E-state index < -0.39 is 0 Å². The summed E-state index contributed by atoms with van der Waals surface area (Å²) >= 11 is 0. The third kappa shape index (κ3) is 5.69. The zero-order valence-electron chi connectivity index (χ0n) is 19.2. The Hall–Kier alpha value is -3.86. The van der Waals surface area contributed by atoms with Crippen molar-refractivity contribution in [1.29, 1.82) is 0 Å². The minimum absolute atomic E-state index is 0.0335. The molecule has 0 aliphatic carbocycles. The monoisotopic (exact) mass is 440 g/mol. The molecule has 3 aromatic carbocycles. The molecule has 1 N–H and O–H groups in total. The Morgan fingerprint density at radius 1 is 0.909 bits per heavy atom. The van der Waals surface area contributed by atoms with Crippen molar-refractivity contribution in [3.63, 3.8) is 0 Å². The largest absolute Gasteiger partial charge is 0.489 e. The topological polar surface area (TPSA) is 64.4 Å². The molecule has 4 aromatic rings. The molecule has 1 unspecified atom stereocenters. The first-order chi connectivity index (χ1) is 16.0. The van der Waals surface area contributed by atoms with Crippen LogP contribution in [-0.2, 0) is 17.8 Å². The lowest BCUT2D eigenvalue weighted by Gasteiger charge is -2.20. The molecular weight excluding hydrogens is 412 g/mol. The quantitative estimate of drug-likeness (QED) is 0.386. The molecule has 0 aliphatic rings. The molecule has 0 aliphatic heterocycles. The number of carbonyl (C=O) groups excluding carboxylic acids is 1. The average Bonchev–Trinajstić information content (AvgIpc) is 3.15. The third-order valence-electron chi connectivity index (χ3n) is 5.70. The van der Waals surface area contributed by atoms with Crippen molar-refractivity contribution in [3.05, 3.63) is 118 Å². The number of ether oxygens (including phenoxy) is 1. The van der Waals surface area contributed by atoms with Gasteiger partial charge in [-0.15, -0.1) is 0 Å². The maximum absolute atomic E-state index is 12.9. The van der Waals surface area contributed by atoms with E-state index >= 15 is 0 Å². The first-order valence-corrected chi connectivity index (χ1v) is 11.0. The molecule has 0 saturated heterocycles. The molecule has 0 bridgehead atoms. The minimum atomic E-state index is -0.197. The lowest BCUT2D eigenvalue weighted by atomic mass is 9.97. The molecule has 1 heterocycles. The predicted octanol–water partition coefficient (Wildman–Crippen LogP) is 5.63. The van der Waals surface area contributed by atoms with Crippen molar-refractivity contribution < 1.29 is 14.1 Å². The van der Waals surface area contributed by atoms with Crippen molar-refractivity contribution in [2.24, 2.45) is 0 Å². The van der Waals surface area contributed by atoms with Gasteiger partial charge < -0.3 is 14.6 Å². The van der Waals surface area contributed by atoms with E-state index in [1.807, 2.05) is 68.4 Å². The van der Waals surface area contributed by atoms with E-state index in [0.717, 1.165) is 39.5 Å². The maximum atomic E-state index is 12.9. The number of hydrogen-bond donors (Lipinski definition) is 1. The Kier molecular flexibility index (Phi) is 6.89. The summed E-state index contributed by atoms with van der Waals surface area (Å²) in [7, 11) is 0. The van der Waals surface area contributed by atoms with Crippen LogP contribution in [0.3, 0.4) is 0 Å². The minimum Gasteiger partial charge on any atom is -0.489 e. The number of aryl methyl sites for hydroxylation is 3. The summed E-state index contributed by atoms with van der Waals surface area (Å²) < 4.78 is 11.0. The zero-order chi connectivity index (χ0) is 23.2. The number of nitrogens with one attached hydrogen (secondary N) is 1. The zero-order valence-corrected chi connectivity index (χ0v) is 19.2. The van der Waals surface area contributed by atoms with Gasteiger partial charge in [-0.3, -0.25) is 4.79 Å². The number of nitrogens with zero attached hydrogens (tertiary/aromatic N) is 1. The first kappa shape index (κ1) is 22.3. The molecule has 4 rings (SSSR count). The number of carbonyl (C=O) groups is 1. The number of aromatic nitrogens is 1. The maximum Gasteiger partial charge on any atom is 0.225 e. The molecule has 168 valence electrons. The van der Waals surface area contributed by atoms with Gasteiger partial charge in [-0.25, -0.2) is 0 Å². The van der Waals surface area contributed by atoms with Crippen LogP contribution < -0.4 is 10.1 Å². The number of amides is 1. The predicted molar refractivity (Wildman–Crippen MR) is 128 cm³/mol. The second-order valence-corrected chi connectivity index (χ2v) is 8.23. The SMILES string of the molecule is Cc1ccc(C(NC(=O)Cc2ccc(OCc3c(C)noc3C)cc2)c2ccccc2)cc1. The Morgan fingerprint density at radius 3 is 2.21 bits per heavy atom. The third-order valence-corrected chi connectivity index (χ3v) is 5.70. The molecule has 0 fully saturated rings. The van der Waals surface area contributed by atoms with Gasteiger partial charge in [0.2, 0.25) is 5.91 Å². The Morgan fingerprint density at radius 2 is 1.58 bits per heavy atom. The molecule has 1 atom stereocenters. The molecule has 5 nitrogen and oxygen atoms in total. The number of benzene rings is 3. The number of hydrogen-bond acceptors (Lipinski definition) is 4. The Bertz CT molecular complexity index is 1180. The van der Waals surface area contributed by atoms with Crippen molar-refractivity contribution >= 4 is 5.91 Å². The van der Waals surface area contributed by atoms with Gasteiger partial charge in [0.25, 0.3) is 0 Å². The van der Waals surface area contributed by atoms with Gasteiger partial charge in [-0.1, -0.05) is 77.5 Å². The molecule has 0 radical (unpaired) electrons. The summed E-state index contributed by atoms with van der Waals surface area (Å²) in [6.07, 6.45) is 0.291. The lowest BCUT2D eigenvalue weighted by molar-refractivity contribution is -0.120. The standard InChI is InChI=1S/C28H28N2O3/c1-19-9-13-24(14-10-19)28(23-7-5-4-6-8-23)29-27(31)17-22-11-15-25(16-12-22)32-18-26-20(2)30-33-21(26)3/h4-16,28H,17-18H2,1-3H3,(H,29,31). The van der Waals surface area contributed by atoms with Crippen LogP contribution in [0.5, 0.6) is 5.75 Å². The summed E-state index contributed by atoms with van der Waals surface area (Å²) in [6, 6.07) is 25.7.